The number of urea groups is 1. The molecule has 2 heterocycles. The highest BCUT2D eigenvalue weighted by molar-refractivity contribution is 7.19. The van der Waals surface area contributed by atoms with Gasteiger partial charge in [-0.25, -0.2) is 4.79 Å². The van der Waals surface area contributed by atoms with Crippen LogP contribution < -0.4 is 5.32 Å². The fourth-order valence-corrected chi connectivity index (χ4v) is 4.33. The molecule has 0 spiro atoms. The van der Waals surface area contributed by atoms with Crippen LogP contribution in [-0.4, -0.2) is 35.1 Å². The maximum absolute atomic E-state index is 12.5. The Kier molecular flexibility index (Phi) is 4.76. The Morgan fingerprint density at radius 3 is 2.79 bits per heavy atom. The maximum atomic E-state index is 12.5. The van der Waals surface area contributed by atoms with E-state index < -0.39 is 11.9 Å². The van der Waals surface area contributed by atoms with Gasteiger partial charge in [-0.2, -0.15) is 0 Å². The third kappa shape index (κ3) is 3.53. The maximum Gasteiger partial charge on any atom is 0.317 e. The van der Waals surface area contributed by atoms with E-state index in [2.05, 4.69) is 23.5 Å². The van der Waals surface area contributed by atoms with Crippen LogP contribution in [0.25, 0.3) is 10.1 Å². The zero-order valence-electron chi connectivity index (χ0n) is 13.9. The van der Waals surface area contributed by atoms with Gasteiger partial charge in [-0.15, -0.1) is 11.3 Å². The molecule has 1 aliphatic rings. The lowest BCUT2D eigenvalue weighted by Gasteiger charge is -2.35. The van der Waals surface area contributed by atoms with Crippen LogP contribution in [0.2, 0.25) is 0 Å². The van der Waals surface area contributed by atoms with Gasteiger partial charge in [0.05, 0.1) is 12.0 Å². The quantitative estimate of drug-likeness (QED) is 0.890. The lowest BCUT2D eigenvalue weighted by Crippen LogP contribution is -2.49. The SMILES string of the molecule is CC1CC(C(=O)O)CN(C(=O)NC(C)c2cc3ccccc3s2)C1. The lowest BCUT2D eigenvalue weighted by molar-refractivity contribution is -0.143. The zero-order valence-corrected chi connectivity index (χ0v) is 14.7. The zero-order chi connectivity index (χ0) is 17.3. The Morgan fingerprint density at radius 2 is 2.08 bits per heavy atom. The van der Waals surface area contributed by atoms with Crippen LogP contribution >= 0.6 is 11.3 Å². The fourth-order valence-electron chi connectivity index (χ4n) is 3.26. The van der Waals surface area contributed by atoms with Crippen molar-refractivity contribution in [3.8, 4) is 0 Å². The van der Waals surface area contributed by atoms with Gasteiger partial charge in [0.1, 0.15) is 0 Å². The molecular formula is C18H22N2O3S. The number of hydrogen-bond acceptors (Lipinski definition) is 3. The average Bonchev–Trinajstić information content (AvgIpc) is 2.98. The molecule has 3 atom stereocenters. The van der Waals surface area contributed by atoms with Gasteiger partial charge in [0.2, 0.25) is 0 Å². The van der Waals surface area contributed by atoms with Crippen LogP contribution in [0.5, 0.6) is 0 Å². The smallest absolute Gasteiger partial charge is 0.317 e. The van der Waals surface area contributed by atoms with Crippen LogP contribution in [0.4, 0.5) is 4.79 Å². The number of amides is 2. The van der Waals surface area contributed by atoms with Crippen molar-refractivity contribution in [3.63, 3.8) is 0 Å². The lowest BCUT2D eigenvalue weighted by atomic mass is 9.91. The largest absolute Gasteiger partial charge is 0.481 e. The highest BCUT2D eigenvalue weighted by Gasteiger charge is 2.32. The second-order valence-electron chi connectivity index (χ2n) is 6.64. The summed E-state index contributed by atoms with van der Waals surface area (Å²) in [6.07, 6.45) is 0.630. The van der Waals surface area contributed by atoms with Gasteiger partial charge >= 0.3 is 12.0 Å². The third-order valence-electron chi connectivity index (χ3n) is 4.51. The first-order chi connectivity index (χ1) is 11.4. The number of carboxylic acids is 1. The molecule has 3 rings (SSSR count). The molecule has 5 nitrogen and oxygen atoms in total. The number of carboxylic acid groups (broad SMARTS) is 1. The first-order valence-corrected chi connectivity index (χ1v) is 9.02. The molecule has 2 N–H and O–H groups in total. The van der Waals surface area contributed by atoms with Gasteiger partial charge in [-0.05, 0) is 36.8 Å². The van der Waals surface area contributed by atoms with Crippen molar-refractivity contribution in [1.29, 1.82) is 0 Å². The third-order valence-corrected chi connectivity index (χ3v) is 5.81. The van der Waals surface area contributed by atoms with Gasteiger partial charge in [-0.1, -0.05) is 25.1 Å². The summed E-state index contributed by atoms with van der Waals surface area (Å²) in [5.74, 6) is -1.10. The summed E-state index contributed by atoms with van der Waals surface area (Å²) >= 11 is 1.67. The fraction of sp³-hybridized carbons (Fsp3) is 0.444. The first kappa shape index (κ1) is 16.8. The number of rotatable bonds is 3. The molecule has 1 fully saturated rings. The monoisotopic (exact) mass is 346 g/mol. The molecule has 128 valence electrons. The number of aliphatic carboxylic acids is 1. The summed E-state index contributed by atoms with van der Waals surface area (Å²) in [7, 11) is 0. The number of hydrogen-bond donors (Lipinski definition) is 2. The van der Waals surface area contributed by atoms with E-state index in [1.807, 2.05) is 26.0 Å². The molecule has 0 saturated carbocycles. The standard InChI is InChI=1S/C18H22N2O3S/c1-11-7-14(17(21)22)10-20(9-11)18(23)19-12(2)16-8-13-5-3-4-6-15(13)24-16/h3-6,8,11-12,14H,7,9-10H2,1-2H3,(H,19,23)(H,21,22). The average molecular weight is 346 g/mol. The van der Waals surface area contributed by atoms with Crippen molar-refractivity contribution >= 4 is 33.4 Å². The van der Waals surface area contributed by atoms with Crippen molar-refractivity contribution in [3.05, 3.63) is 35.2 Å². The van der Waals surface area contributed by atoms with Gasteiger partial charge < -0.3 is 15.3 Å². The van der Waals surface area contributed by atoms with E-state index in [4.69, 9.17) is 0 Å². The number of nitrogens with one attached hydrogen (secondary N) is 1. The number of likely N-dealkylation sites (tertiary alicyclic amines) is 1. The van der Waals surface area contributed by atoms with Crippen LogP contribution in [0.1, 0.15) is 31.2 Å². The van der Waals surface area contributed by atoms with Gasteiger partial charge in [-0.3, -0.25) is 4.79 Å². The van der Waals surface area contributed by atoms with Crippen molar-refractivity contribution in [2.45, 2.75) is 26.3 Å². The second-order valence-corrected chi connectivity index (χ2v) is 7.75. The molecule has 1 aromatic carbocycles. The molecule has 2 aromatic rings. The van der Waals surface area contributed by atoms with Gasteiger partial charge in [0, 0.05) is 22.7 Å². The van der Waals surface area contributed by atoms with Crippen molar-refractivity contribution in [1.82, 2.24) is 10.2 Å². The predicted molar refractivity (Wildman–Crippen MR) is 95.3 cm³/mol. The molecule has 6 heteroatoms. The molecule has 1 saturated heterocycles. The van der Waals surface area contributed by atoms with Crippen LogP contribution in [0.15, 0.2) is 30.3 Å². The Labute approximate surface area is 145 Å². The summed E-state index contributed by atoms with van der Waals surface area (Å²) in [6.45, 7) is 4.84. The molecule has 3 unspecified atom stereocenters. The summed E-state index contributed by atoms with van der Waals surface area (Å²) in [4.78, 5) is 26.5. The van der Waals surface area contributed by atoms with Crippen LogP contribution in [0.3, 0.4) is 0 Å². The van der Waals surface area contributed by atoms with Crippen molar-refractivity contribution in [2.75, 3.05) is 13.1 Å². The van der Waals surface area contributed by atoms with Crippen LogP contribution in [-0.2, 0) is 4.79 Å². The van der Waals surface area contributed by atoms with Gasteiger partial charge in [0.25, 0.3) is 0 Å². The minimum absolute atomic E-state index is 0.101. The normalized spacial score (nSPS) is 22.3. The number of benzene rings is 1. The Morgan fingerprint density at radius 1 is 1.33 bits per heavy atom. The van der Waals surface area contributed by atoms with E-state index >= 15 is 0 Å². The molecule has 24 heavy (non-hydrogen) atoms. The summed E-state index contributed by atoms with van der Waals surface area (Å²) in [5, 5.41) is 13.4. The van der Waals surface area contributed by atoms with Crippen LogP contribution in [0, 0.1) is 11.8 Å². The molecular weight excluding hydrogens is 324 g/mol. The first-order valence-electron chi connectivity index (χ1n) is 8.20. The highest BCUT2D eigenvalue weighted by atomic mass is 32.1. The molecule has 2 amide bonds. The van der Waals surface area contributed by atoms with Crippen molar-refractivity contribution in [2.24, 2.45) is 11.8 Å². The summed E-state index contributed by atoms with van der Waals surface area (Å²) < 4.78 is 1.20. The van der Waals surface area contributed by atoms with E-state index in [1.165, 1.54) is 10.1 Å². The number of piperidine rings is 1. The van der Waals surface area contributed by atoms with Crippen molar-refractivity contribution < 1.29 is 14.7 Å². The summed E-state index contributed by atoms with van der Waals surface area (Å²) in [5.41, 5.74) is 0. The minimum Gasteiger partial charge on any atom is -0.481 e. The molecule has 0 bridgehead atoms. The number of thiophene rings is 1. The summed E-state index contributed by atoms with van der Waals surface area (Å²) in [6, 6.07) is 9.96. The molecule has 0 aliphatic carbocycles. The Bertz CT molecular complexity index is 725. The number of nitrogens with zero attached hydrogens (tertiary/aromatic N) is 1. The number of carbonyl (C=O) groups excluding carboxylic acids is 1. The minimum atomic E-state index is -0.822. The van der Waals surface area contributed by atoms with Gasteiger partial charge in [0.15, 0.2) is 0 Å². The number of carbonyl (C=O) groups is 2. The number of fused-ring (bicyclic) bond motifs is 1. The molecule has 1 aromatic heterocycles. The van der Waals surface area contributed by atoms with E-state index in [9.17, 15) is 14.7 Å². The predicted octanol–water partition coefficient (Wildman–Crippen LogP) is 3.71. The van der Waals surface area contributed by atoms with E-state index in [-0.39, 0.29) is 24.5 Å². The molecule has 0 radical (unpaired) electrons. The second kappa shape index (κ2) is 6.81. The molecule has 1 aliphatic heterocycles. The van der Waals surface area contributed by atoms with E-state index in [0.717, 1.165) is 4.88 Å². The highest BCUT2D eigenvalue weighted by Crippen LogP contribution is 2.30. The Balaban J connectivity index is 1.68. The van der Waals surface area contributed by atoms with E-state index in [0.29, 0.717) is 13.0 Å². The topological polar surface area (TPSA) is 69.6 Å². The van der Waals surface area contributed by atoms with E-state index in [1.54, 1.807) is 16.2 Å². The Hall–Kier alpha value is -2.08.